The zero-order chi connectivity index (χ0) is 6.69. The summed E-state index contributed by atoms with van der Waals surface area (Å²) in [6, 6.07) is 3.57. The Kier molecular flexibility index (Phi) is 2.24. The SMILES string of the molecule is NOB(O)c1cccs1. The number of hydrogen-bond acceptors (Lipinski definition) is 4. The number of thiophene rings is 1. The van der Waals surface area contributed by atoms with Gasteiger partial charge in [-0.05, 0) is 5.38 Å². The monoisotopic (exact) mass is 143 g/mol. The molecule has 0 saturated heterocycles. The molecular formula is C4H6BNO2S. The van der Waals surface area contributed by atoms with E-state index >= 15 is 0 Å². The number of rotatable bonds is 2. The van der Waals surface area contributed by atoms with Crippen molar-refractivity contribution in [1.82, 2.24) is 0 Å². The Morgan fingerprint density at radius 1 is 1.78 bits per heavy atom. The minimum Gasteiger partial charge on any atom is -0.422 e. The first-order valence-electron chi connectivity index (χ1n) is 2.41. The van der Waals surface area contributed by atoms with Crippen molar-refractivity contribution in [2.24, 2.45) is 5.90 Å². The van der Waals surface area contributed by atoms with Crippen LogP contribution in [-0.4, -0.2) is 12.1 Å². The predicted molar refractivity (Wildman–Crippen MR) is 37.2 cm³/mol. The molecule has 0 aliphatic rings. The van der Waals surface area contributed by atoms with Gasteiger partial charge >= 0.3 is 7.12 Å². The van der Waals surface area contributed by atoms with E-state index in [0.29, 0.717) is 0 Å². The maximum Gasteiger partial charge on any atom is 0.518 e. The average Bonchev–Trinajstić information content (AvgIpc) is 2.37. The van der Waals surface area contributed by atoms with Crippen LogP contribution < -0.4 is 10.7 Å². The molecule has 0 amide bonds. The van der Waals surface area contributed by atoms with Crippen molar-refractivity contribution in [1.29, 1.82) is 0 Å². The highest BCUT2D eigenvalue weighted by molar-refractivity contribution is 7.20. The van der Waals surface area contributed by atoms with E-state index in [0.717, 1.165) is 4.78 Å². The third-order valence-electron chi connectivity index (χ3n) is 0.915. The van der Waals surface area contributed by atoms with Crippen LogP contribution in [0.3, 0.4) is 0 Å². The summed E-state index contributed by atoms with van der Waals surface area (Å²) in [5, 5.41) is 10.7. The maximum absolute atomic E-state index is 8.88. The second-order valence-electron chi connectivity index (χ2n) is 1.50. The molecule has 0 spiro atoms. The fraction of sp³-hybridized carbons (Fsp3) is 0. The summed E-state index contributed by atoms with van der Waals surface area (Å²) in [5.41, 5.74) is 0. The topological polar surface area (TPSA) is 55.5 Å². The Morgan fingerprint density at radius 2 is 2.56 bits per heavy atom. The highest BCUT2D eigenvalue weighted by atomic mass is 32.1. The first-order chi connectivity index (χ1) is 4.34. The zero-order valence-electron chi connectivity index (χ0n) is 4.65. The molecule has 0 aliphatic heterocycles. The van der Waals surface area contributed by atoms with Crippen LogP contribution >= 0.6 is 11.3 Å². The number of nitrogens with two attached hydrogens (primary N) is 1. The number of hydrogen-bond donors (Lipinski definition) is 2. The molecule has 1 rings (SSSR count). The summed E-state index contributed by atoms with van der Waals surface area (Å²) in [7, 11) is -0.968. The molecular weight excluding hydrogens is 137 g/mol. The van der Waals surface area contributed by atoms with Crippen LogP contribution in [0.4, 0.5) is 0 Å². The van der Waals surface area contributed by atoms with Crippen LogP contribution in [0, 0.1) is 0 Å². The summed E-state index contributed by atoms with van der Waals surface area (Å²) in [5.74, 6) is 4.72. The van der Waals surface area contributed by atoms with Crippen molar-refractivity contribution < 1.29 is 9.78 Å². The van der Waals surface area contributed by atoms with Crippen LogP contribution in [-0.2, 0) is 4.76 Å². The second-order valence-corrected chi connectivity index (χ2v) is 2.48. The van der Waals surface area contributed by atoms with Gasteiger partial charge in [0.1, 0.15) is 0 Å². The lowest BCUT2D eigenvalue weighted by Gasteiger charge is -1.95. The van der Waals surface area contributed by atoms with Gasteiger partial charge in [0, 0.05) is 4.78 Å². The summed E-state index contributed by atoms with van der Waals surface area (Å²) >= 11 is 1.40. The first kappa shape index (κ1) is 6.76. The van der Waals surface area contributed by atoms with Crippen molar-refractivity contribution >= 4 is 23.2 Å². The van der Waals surface area contributed by atoms with Gasteiger partial charge in [-0.3, -0.25) is 0 Å². The Morgan fingerprint density at radius 3 is 3.00 bits per heavy atom. The molecule has 3 N–H and O–H groups in total. The van der Waals surface area contributed by atoms with Gasteiger partial charge in [0.25, 0.3) is 0 Å². The average molecular weight is 143 g/mol. The molecule has 0 aromatic carbocycles. The van der Waals surface area contributed by atoms with E-state index in [1.54, 1.807) is 6.07 Å². The summed E-state index contributed by atoms with van der Waals surface area (Å²) in [4.78, 5) is 0. The van der Waals surface area contributed by atoms with E-state index in [9.17, 15) is 0 Å². The molecule has 0 unspecified atom stereocenters. The van der Waals surface area contributed by atoms with Crippen molar-refractivity contribution in [3.63, 3.8) is 0 Å². The minimum atomic E-state index is -0.968. The summed E-state index contributed by atoms with van der Waals surface area (Å²) in [6.07, 6.45) is 0. The highest BCUT2D eigenvalue weighted by Crippen LogP contribution is 1.93. The van der Waals surface area contributed by atoms with Crippen molar-refractivity contribution in [2.75, 3.05) is 0 Å². The zero-order valence-corrected chi connectivity index (χ0v) is 5.47. The Labute approximate surface area is 57.2 Å². The van der Waals surface area contributed by atoms with Crippen LogP contribution in [0.15, 0.2) is 17.5 Å². The molecule has 3 nitrogen and oxygen atoms in total. The standard InChI is InChI=1S/C4H6BNO2S/c6-8-5(7)4-2-1-3-9-4/h1-3,7H,6H2. The van der Waals surface area contributed by atoms with Gasteiger partial charge in [0.05, 0.1) is 0 Å². The summed E-state index contributed by atoms with van der Waals surface area (Å²) in [6.45, 7) is 0. The van der Waals surface area contributed by atoms with Crippen molar-refractivity contribution in [2.45, 2.75) is 0 Å². The highest BCUT2D eigenvalue weighted by Gasteiger charge is 2.15. The van der Waals surface area contributed by atoms with Gasteiger partial charge in [0.15, 0.2) is 0 Å². The molecule has 9 heavy (non-hydrogen) atoms. The Balaban J connectivity index is 2.65. The van der Waals surface area contributed by atoms with Gasteiger partial charge in [-0.2, -0.15) is 11.3 Å². The smallest absolute Gasteiger partial charge is 0.422 e. The van der Waals surface area contributed by atoms with E-state index < -0.39 is 7.12 Å². The van der Waals surface area contributed by atoms with Crippen molar-refractivity contribution in [3.8, 4) is 0 Å². The van der Waals surface area contributed by atoms with E-state index in [4.69, 9.17) is 10.9 Å². The van der Waals surface area contributed by atoms with Gasteiger partial charge < -0.3 is 9.78 Å². The van der Waals surface area contributed by atoms with Crippen LogP contribution in [0.25, 0.3) is 0 Å². The van der Waals surface area contributed by atoms with E-state index in [-0.39, 0.29) is 0 Å². The lowest BCUT2D eigenvalue weighted by atomic mass is 9.89. The molecule has 48 valence electrons. The molecule has 1 aromatic rings. The Hall–Kier alpha value is -0.355. The quantitative estimate of drug-likeness (QED) is 0.426. The lowest BCUT2D eigenvalue weighted by molar-refractivity contribution is 0.281. The molecule has 1 aromatic heterocycles. The normalized spacial score (nSPS) is 9.56. The van der Waals surface area contributed by atoms with Gasteiger partial charge in [0.2, 0.25) is 0 Å². The van der Waals surface area contributed by atoms with E-state index in [2.05, 4.69) is 4.76 Å². The molecule has 0 bridgehead atoms. The first-order valence-corrected chi connectivity index (χ1v) is 3.29. The van der Waals surface area contributed by atoms with Crippen LogP contribution in [0.2, 0.25) is 0 Å². The Bertz CT molecular complexity index is 167. The third kappa shape index (κ3) is 1.52. The van der Waals surface area contributed by atoms with E-state index in [1.807, 2.05) is 11.4 Å². The molecule has 0 saturated carbocycles. The molecule has 0 atom stereocenters. The lowest BCUT2D eigenvalue weighted by Crippen LogP contribution is -2.33. The predicted octanol–water partition coefficient (Wildman–Crippen LogP) is -0.674. The molecule has 0 fully saturated rings. The largest absolute Gasteiger partial charge is 0.518 e. The third-order valence-corrected chi connectivity index (χ3v) is 1.82. The van der Waals surface area contributed by atoms with Crippen molar-refractivity contribution in [3.05, 3.63) is 17.5 Å². The fourth-order valence-electron chi connectivity index (χ4n) is 0.499. The van der Waals surface area contributed by atoms with Gasteiger partial charge in [-0.15, -0.1) is 0 Å². The van der Waals surface area contributed by atoms with E-state index in [1.165, 1.54) is 11.3 Å². The minimum absolute atomic E-state index is 0.720. The van der Waals surface area contributed by atoms with Gasteiger partial charge in [-0.1, -0.05) is 12.1 Å². The molecule has 0 radical (unpaired) electrons. The maximum atomic E-state index is 8.88. The molecule has 5 heteroatoms. The molecule has 1 heterocycles. The second kappa shape index (κ2) is 2.98. The summed E-state index contributed by atoms with van der Waals surface area (Å²) < 4.78 is 4.88. The fourth-order valence-corrected chi connectivity index (χ4v) is 1.14. The molecule has 0 aliphatic carbocycles. The van der Waals surface area contributed by atoms with Crippen LogP contribution in [0.5, 0.6) is 0 Å². The van der Waals surface area contributed by atoms with Crippen LogP contribution in [0.1, 0.15) is 0 Å². The van der Waals surface area contributed by atoms with Gasteiger partial charge in [-0.25, -0.2) is 5.90 Å².